The molecule has 32 heavy (non-hydrogen) atoms. The average Bonchev–Trinajstić information content (AvgIpc) is 3.23. The summed E-state index contributed by atoms with van der Waals surface area (Å²) in [5.41, 5.74) is 6.31. The molecule has 0 atom stereocenters. The van der Waals surface area contributed by atoms with Gasteiger partial charge in [0.15, 0.2) is 10.9 Å². The van der Waals surface area contributed by atoms with Gasteiger partial charge in [0, 0.05) is 22.2 Å². The summed E-state index contributed by atoms with van der Waals surface area (Å²) in [7, 11) is 0. The van der Waals surface area contributed by atoms with Gasteiger partial charge in [-0.25, -0.2) is 9.97 Å². The minimum atomic E-state index is 0.0534. The number of benzene rings is 3. The topological polar surface area (TPSA) is 58.6 Å². The zero-order valence-corrected chi connectivity index (χ0v) is 18.4. The summed E-state index contributed by atoms with van der Waals surface area (Å²) >= 11 is 1.38. The molecule has 2 aromatic heterocycles. The Morgan fingerprint density at radius 1 is 0.844 bits per heavy atom. The fraction of sp³-hybridized carbons (Fsp3) is 0.0741. The summed E-state index contributed by atoms with van der Waals surface area (Å²) in [6.07, 6.45) is 0. The number of ketones is 1. The predicted octanol–water partition coefficient (Wildman–Crippen LogP) is 6.58. The Balaban J connectivity index is 1.46. The Labute approximate surface area is 190 Å². The lowest BCUT2D eigenvalue weighted by atomic mass is 10.0. The first-order valence-corrected chi connectivity index (χ1v) is 11.4. The molecule has 0 unspecified atom stereocenters. The largest absolute Gasteiger partial charge is 0.354 e. The Hall–Kier alpha value is -3.70. The van der Waals surface area contributed by atoms with Crippen molar-refractivity contribution in [2.45, 2.75) is 12.1 Å². The van der Waals surface area contributed by atoms with Gasteiger partial charge in [0.1, 0.15) is 0 Å². The molecule has 0 aliphatic rings. The highest BCUT2D eigenvalue weighted by molar-refractivity contribution is 7.99. The number of hydrogen-bond acceptors (Lipinski definition) is 4. The molecule has 156 valence electrons. The van der Waals surface area contributed by atoms with Crippen LogP contribution in [-0.2, 0) is 0 Å². The van der Waals surface area contributed by atoms with Gasteiger partial charge in [-0.05, 0) is 24.6 Å². The number of aromatic amines is 1. The third-order valence-electron chi connectivity index (χ3n) is 5.28. The van der Waals surface area contributed by atoms with Crippen molar-refractivity contribution in [1.29, 1.82) is 0 Å². The van der Waals surface area contributed by atoms with Crippen molar-refractivity contribution < 1.29 is 4.79 Å². The highest BCUT2D eigenvalue weighted by Gasteiger charge is 2.20. The normalized spacial score (nSPS) is 11.0. The second-order valence-corrected chi connectivity index (χ2v) is 8.48. The lowest BCUT2D eigenvalue weighted by Crippen LogP contribution is -2.05. The zero-order chi connectivity index (χ0) is 21.9. The minimum absolute atomic E-state index is 0.0534. The zero-order valence-electron chi connectivity index (χ0n) is 17.6. The number of carbonyl (C=O) groups excluding carboxylic acids is 1. The highest BCUT2D eigenvalue weighted by Crippen LogP contribution is 2.32. The van der Waals surface area contributed by atoms with Gasteiger partial charge in [-0.3, -0.25) is 4.79 Å². The number of para-hydroxylation sites is 1. The second-order valence-electron chi connectivity index (χ2n) is 7.54. The van der Waals surface area contributed by atoms with E-state index in [1.165, 1.54) is 11.8 Å². The molecule has 5 aromatic rings. The smallest absolute Gasteiger partial charge is 0.188 e. The molecule has 0 aliphatic heterocycles. The Morgan fingerprint density at radius 3 is 2.25 bits per heavy atom. The SMILES string of the molecule is Cc1cc(-c2ccccc2)nc(SCC(=O)c2c(-c3ccccc3)[nH]c3ccccc23)n1. The van der Waals surface area contributed by atoms with E-state index >= 15 is 0 Å². The molecule has 5 rings (SSSR count). The molecule has 0 amide bonds. The number of carbonyl (C=O) groups is 1. The van der Waals surface area contributed by atoms with Crippen LogP contribution >= 0.6 is 11.8 Å². The van der Waals surface area contributed by atoms with Gasteiger partial charge < -0.3 is 4.98 Å². The third kappa shape index (κ3) is 4.07. The molecular formula is C27H21N3OS. The molecule has 5 heteroatoms. The Morgan fingerprint density at radius 2 is 1.50 bits per heavy atom. The second kappa shape index (κ2) is 8.81. The number of thioether (sulfide) groups is 1. The number of Topliss-reactive ketones (excluding diaryl/α,β-unsaturated/α-hetero) is 1. The molecule has 4 nitrogen and oxygen atoms in total. The third-order valence-corrected chi connectivity index (χ3v) is 6.13. The van der Waals surface area contributed by atoms with Crippen molar-refractivity contribution >= 4 is 28.4 Å². The van der Waals surface area contributed by atoms with Gasteiger partial charge in [0.2, 0.25) is 0 Å². The highest BCUT2D eigenvalue weighted by atomic mass is 32.2. The molecule has 0 aliphatic carbocycles. The van der Waals surface area contributed by atoms with Crippen molar-refractivity contribution in [3.63, 3.8) is 0 Å². The monoisotopic (exact) mass is 435 g/mol. The van der Waals surface area contributed by atoms with Gasteiger partial charge >= 0.3 is 0 Å². The summed E-state index contributed by atoms with van der Waals surface area (Å²) in [6, 6.07) is 29.9. The van der Waals surface area contributed by atoms with Crippen LogP contribution in [0.3, 0.4) is 0 Å². The van der Waals surface area contributed by atoms with E-state index in [1.807, 2.05) is 97.9 Å². The number of aromatic nitrogens is 3. The molecule has 0 bridgehead atoms. The van der Waals surface area contributed by atoms with Gasteiger partial charge in [-0.1, -0.05) is 90.6 Å². The van der Waals surface area contributed by atoms with Crippen LogP contribution in [0.1, 0.15) is 16.1 Å². The van der Waals surface area contributed by atoms with Crippen LogP contribution in [0, 0.1) is 6.92 Å². The average molecular weight is 436 g/mol. The number of nitrogens with zero attached hydrogens (tertiary/aromatic N) is 2. The number of nitrogens with one attached hydrogen (secondary N) is 1. The van der Waals surface area contributed by atoms with Crippen LogP contribution in [0.25, 0.3) is 33.4 Å². The summed E-state index contributed by atoms with van der Waals surface area (Å²) in [5.74, 6) is 0.317. The summed E-state index contributed by atoms with van der Waals surface area (Å²) in [6.45, 7) is 1.95. The van der Waals surface area contributed by atoms with Crippen LogP contribution in [0.2, 0.25) is 0 Å². The fourth-order valence-electron chi connectivity index (χ4n) is 3.82. The van der Waals surface area contributed by atoms with Gasteiger partial charge in [0.25, 0.3) is 0 Å². The molecule has 1 N–H and O–H groups in total. The molecule has 0 spiro atoms. The molecule has 0 radical (unpaired) electrons. The van der Waals surface area contributed by atoms with E-state index in [0.29, 0.717) is 5.16 Å². The van der Waals surface area contributed by atoms with E-state index in [1.54, 1.807) is 0 Å². The van der Waals surface area contributed by atoms with E-state index in [0.717, 1.165) is 44.7 Å². The summed E-state index contributed by atoms with van der Waals surface area (Å²) in [4.78, 5) is 26.1. The molecule has 0 saturated heterocycles. The van der Waals surface area contributed by atoms with Crippen LogP contribution < -0.4 is 0 Å². The first kappa shape index (κ1) is 20.2. The quantitative estimate of drug-likeness (QED) is 0.186. The Bertz CT molecular complexity index is 1390. The van der Waals surface area contributed by atoms with Crippen LogP contribution in [-0.4, -0.2) is 26.5 Å². The van der Waals surface area contributed by atoms with Gasteiger partial charge in [-0.2, -0.15) is 0 Å². The van der Waals surface area contributed by atoms with Crippen LogP contribution in [0.4, 0.5) is 0 Å². The van der Waals surface area contributed by atoms with Crippen molar-refractivity contribution in [1.82, 2.24) is 15.0 Å². The number of H-pyrrole nitrogens is 1. The molecular weight excluding hydrogens is 414 g/mol. The van der Waals surface area contributed by atoms with Crippen LogP contribution in [0.15, 0.2) is 96.2 Å². The predicted molar refractivity (Wildman–Crippen MR) is 131 cm³/mol. The van der Waals surface area contributed by atoms with E-state index in [9.17, 15) is 4.79 Å². The number of rotatable bonds is 6. The number of hydrogen-bond donors (Lipinski definition) is 1. The maximum Gasteiger partial charge on any atom is 0.188 e. The number of aryl methyl sites for hydroxylation is 1. The Kier molecular flexibility index (Phi) is 5.57. The molecule has 0 fully saturated rings. The molecule has 3 aromatic carbocycles. The van der Waals surface area contributed by atoms with E-state index in [4.69, 9.17) is 4.98 Å². The summed E-state index contributed by atoms with van der Waals surface area (Å²) < 4.78 is 0. The lowest BCUT2D eigenvalue weighted by molar-refractivity contribution is 0.102. The van der Waals surface area contributed by atoms with Gasteiger partial charge in [-0.15, -0.1) is 0 Å². The van der Waals surface area contributed by atoms with Crippen molar-refractivity contribution in [3.8, 4) is 22.5 Å². The van der Waals surface area contributed by atoms with E-state index < -0.39 is 0 Å². The maximum atomic E-state index is 13.4. The van der Waals surface area contributed by atoms with E-state index in [2.05, 4.69) is 9.97 Å². The lowest BCUT2D eigenvalue weighted by Gasteiger charge is -2.07. The van der Waals surface area contributed by atoms with Gasteiger partial charge in [0.05, 0.1) is 22.7 Å². The van der Waals surface area contributed by atoms with Crippen molar-refractivity contribution in [2.75, 3.05) is 5.75 Å². The molecule has 2 heterocycles. The van der Waals surface area contributed by atoms with Crippen LogP contribution in [0.5, 0.6) is 0 Å². The minimum Gasteiger partial charge on any atom is -0.354 e. The fourth-order valence-corrected chi connectivity index (χ4v) is 4.59. The maximum absolute atomic E-state index is 13.4. The summed E-state index contributed by atoms with van der Waals surface area (Å²) in [5, 5.41) is 1.55. The first-order valence-electron chi connectivity index (χ1n) is 10.4. The van der Waals surface area contributed by atoms with Crippen molar-refractivity contribution in [3.05, 3.63) is 102 Å². The number of fused-ring (bicyclic) bond motifs is 1. The molecule has 0 saturated carbocycles. The van der Waals surface area contributed by atoms with Crippen molar-refractivity contribution in [2.24, 2.45) is 0 Å². The standard InChI is InChI=1S/C27H21N3OS/c1-18-16-23(19-10-4-2-5-11-19)30-27(28-18)32-17-24(31)25-21-14-8-9-15-22(21)29-26(25)20-12-6-3-7-13-20/h2-16,29H,17H2,1H3. The first-order chi connectivity index (χ1) is 15.7. The van der Waals surface area contributed by atoms with E-state index in [-0.39, 0.29) is 11.5 Å².